The van der Waals surface area contributed by atoms with E-state index in [0.29, 0.717) is 11.8 Å². The molecule has 0 fully saturated rings. The van der Waals surface area contributed by atoms with Crippen LogP contribution in [0.1, 0.15) is 17.3 Å². The van der Waals surface area contributed by atoms with Crippen LogP contribution in [0.5, 0.6) is 0 Å². The van der Waals surface area contributed by atoms with E-state index in [-0.39, 0.29) is 0 Å². The number of nitrogens with one attached hydrogen (secondary N) is 1. The molecule has 1 aliphatic heterocycles. The summed E-state index contributed by atoms with van der Waals surface area (Å²) in [6, 6.07) is 76.8. The number of aliphatic imine (C=N–C) groups is 2. The van der Waals surface area contributed by atoms with E-state index in [2.05, 4.69) is 227 Å². The zero-order valence-corrected chi connectivity index (χ0v) is 38.2. The number of benzene rings is 11. The van der Waals surface area contributed by atoms with Gasteiger partial charge >= 0.3 is 0 Å². The molecule has 5 heterocycles. The van der Waals surface area contributed by atoms with Gasteiger partial charge in [-0.15, -0.1) is 11.3 Å². The van der Waals surface area contributed by atoms with Crippen LogP contribution in [0.3, 0.4) is 0 Å². The molecule has 0 aliphatic carbocycles. The van der Waals surface area contributed by atoms with Crippen molar-refractivity contribution in [1.29, 1.82) is 0 Å². The number of para-hydroxylation sites is 2. The third-order valence-corrected chi connectivity index (χ3v) is 16.0. The van der Waals surface area contributed by atoms with Crippen LogP contribution in [0.4, 0.5) is 0 Å². The summed E-state index contributed by atoms with van der Waals surface area (Å²) in [7, 11) is 0. The Labute approximate surface area is 403 Å². The fourth-order valence-corrected chi connectivity index (χ4v) is 12.8. The molecular formula is C63H37N5OS. The van der Waals surface area contributed by atoms with E-state index in [1.165, 1.54) is 52.5 Å². The zero-order chi connectivity index (χ0) is 45.6. The second kappa shape index (κ2) is 14.2. The minimum atomic E-state index is -0.492. The first-order valence-corrected chi connectivity index (χ1v) is 24.6. The molecule has 11 aromatic carbocycles. The van der Waals surface area contributed by atoms with E-state index in [9.17, 15) is 0 Å². The summed E-state index contributed by atoms with van der Waals surface area (Å²) in [5.74, 6) is 1.31. The lowest BCUT2D eigenvalue weighted by Crippen LogP contribution is -2.35. The Kier molecular flexibility index (Phi) is 7.73. The van der Waals surface area contributed by atoms with Gasteiger partial charge in [-0.05, 0) is 87.6 Å². The van der Waals surface area contributed by atoms with Gasteiger partial charge in [0, 0.05) is 69.0 Å². The molecule has 7 heteroatoms. The van der Waals surface area contributed by atoms with E-state index in [1.54, 1.807) is 0 Å². The Morgan fingerprint density at radius 2 is 1.01 bits per heavy atom. The van der Waals surface area contributed by atoms with Gasteiger partial charge in [0.25, 0.3) is 0 Å². The second-order valence-electron chi connectivity index (χ2n) is 18.5. The topological polar surface area (TPSA) is 59.8 Å². The van der Waals surface area contributed by atoms with Crippen molar-refractivity contribution in [3.05, 3.63) is 223 Å². The van der Waals surface area contributed by atoms with Gasteiger partial charge in [-0.3, -0.25) is 4.57 Å². The summed E-state index contributed by atoms with van der Waals surface area (Å²) in [4.78, 5) is 11.3. The standard InChI is InChI=1S/C63H37N5OS/c1-3-17-39-32-54-48(30-37(39)15-1)49-31-38-16-2-4-18-40(38)33-55(49)67(54)56-34-50-45-29-28-36-14-5-6-19-41(36)59(45)69-57(50)35-51(56)62-64-61(47-24-13-23-46-44-22-9-12-27-58(44)70-60(46)47)65-63(66-62)68-52-25-10-7-20-42(52)43-21-8-11-26-53(43)68/h1-35,61H,(H,64,65,66). The molecule has 1 N–H and O–H groups in total. The Balaban J connectivity index is 1.04. The van der Waals surface area contributed by atoms with Gasteiger partial charge in [0.15, 0.2) is 6.17 Å². The first-order chi connectivity index (χ1) is 34.7. The molecule has 0 saturated carbocycles. The third-order valence-electron chi connectivity index (χ3n) is 14.7. The molecule has 0 bridgehead atoms. The number of amidine groups is 1. The maximum absolute atomic E-state index is 7.05. The number of hydrogen-bond donors (Lipinski definition) is 1. The molecule has 4 aromatic heterocycles. The number of rotatable bonds is 3. The Morgan fingerprint density at radius 3 is 1.71 bits per heavy atom. The van der Waals surface area contributed by atoms with Crippen molar-refractivity contribution in [2.24, 2.45) is 9.98 Å². The van der Waals surface area contributed by atoms with Crippen molar-refractivity contribution in [2.45, 2.75) is 6.17 Å². The molecule has 0 spiro atoms. The van der Waals surface area contributed by atoms with Crippen molar-refractivity contribution in [3.63, 3.8) is 0 Å². The lowest BCUT2D eigenvalue weighted by molar-refractivity contribution is 0.668. The van der Waals surface area contributed by atoms with E-state index in [0.717, 1.165) is 82.4 Å². The molecule has 0 radical (unpaired) electrons. The lowest BCUT2D eigenvalue weighted by Gasteiger charge is -2.26. The number of thiophene rings is 1. The van der Waals surface area contributed by atoms with E-state index in [1.807, 2.05) is 11.3 Å². The monoisotopic (exact) mass is 911 g/mol. The second-order valence-corrected chi connectivity index (χ2v) is 19.6. The normalized spacial score (nSPS) is 14.4. The quantitative estimate of drug-likeness (QED) is 0.192. The van der Waals surface area contributed by atoms with Crippen LogP contribution in [-0.4, -0.2) is 20.9 Å². The zero-order valence-electron chi connectivity index (χ0n) is 37.4. The molecule has 1 atom stereocenters. The summed E-state index contributed by atoms with van der Waals surface area (Å²) >= 11 is 1.82. The molecule has 1 aliphatic rings. The van der Waals surface area contributed by atoms with Crippen LogP contribution in [0.15, 0.2) is 227 Å². The van der Waals surface area contributed by atoms with Crippen LogP contribution < -0.4 is 5.32 Å². The van der Waals surface area contributed by atoms with Crippen LogP contribution >= 0.6 is 11.3 Å². The van der Waals surface area contributed by atoms with Crippen molar-refractivity contribution < 1.29 is 4.42 Å². The highest BCUT2D eigenvalue weighted by Crippen LogP contribution is 2.44. The average molecular weight is 912 g/mol. The first kappa shape index (κ1) is 38.0. The fourth-order valence-electron chi connectivity index (χ4n) is 11.5. The number of furan rings is 1. The van der Waals surface area contributed by atoms with Crippen molar-refractivity contribution in [1.82, 2.24) is 14.5 Å². The van der Waals surface area contributed by atoms with Gasteiger partial charge in [-0.1, -0.05) is 152 Å². The van der Waals surface area contributed by atoms with E-state index in [4.69, 9.17) is 14.4 Å². The lowest BCUT2D eigenvalue weighted by atomic mass is 10.0. The number of fused-ring (bicyclic) bond motifs is 16. The van der Waals surface area contributed by atoms with Gasteiger partial charge in [-0.25, -0.2) is 4.99 Å². The highest BCUT2D eigenvalue weighted by atomic mass is 32.1. The summed E-state index contributed by atoms with van der Waals surface area (Å²) in [5, 5.41) is 20.2. The molecule has 0 amide bonds. The molecule has 16 rings (SSSR count). The predicted octanol–water partition coefficient (Wildman–Crippen LogP) is 16.6. The summed E-state index contributed by atoms with van der Waals surface area (Å²) in [6.45, 7) is 0. The van der Waals surface area contributed by atoms with Gasteiger partial charge in [-0.2, -0.15) is 4.99 Å². The molecule has 0 saturated heterocycles. The van der Waals surface area contributed by atoms with Gasteiger partial charge in [0.05, 0.1) is 27.8 Å². The van der Waals surface area contributed by atoms with Gasteiger partial charge < -0.3 is 14.3 Å². The van der Waals surface area contributed by atoms with Gasteiger partial charge in [0.1, 0.15) is 17.0 Å². The molecule has 70 heavy (non-hydrogen) atoms. The van der Waals surface area contributed by atoms with Crippen molar-refractivity contribution >= 4 is 141 Å². The Bertz CT molecular complexity index is 4690. The summed E-state index contributed by atoms with van der Waals surface area (Å²) < 4.78 is 14.2. The molecule has 326 valence electrons. The number of hydrogen-bond acceptors (Lipinski definition) is 5. The van der Waals surface area contributed by atoms with Crippen LogP contribution in [-0.2, 0) is 0 Å². The maximum Gasteiger partial charge on any atom is 0.234 e. The third kappa shape index (κ3) is 5.38. The average Bonchev–Trinajstić information content (AvgIpc) is 4.16. The maximum atomic E-state index is 7.05. The van der Waals surface area contributed by atoms with E-state index >= 15 is 0 Å². The Morgan fingerprint density at radius 1 is 0.429 bits per heavy atom. The predicted molar refractivity (Wildman–Crippen MR) is 295 cm³/mol. The first-order valence-electron chi connectivity index (χ1n) is 23.7. The summed E-state index contributed by atoms with van der Waals surface area (Å²) in [6.07, 6.45) is -0.492. The van der Waals surface area contributed by atoms with Crippen molar-refractivity contribution in [3.8, 4) is 5.69 Å². The highest BCUT2D eigenvalue weighted by molar-refractivity contribution is 7.26. The van der Waals surface area contributed by atoms with Crippen LogP contribution in [0.25, 0.3) is 124 Å². The molecule has 6 nitrogen and oxygen atoms in total. The highest BCUT2D eigenvalue weighted by Gasteiger charge is 2.29. The van der Waals surface area contributed by atoms with Gasteiger partial charge in [0.2, 0.25) is 5.96 Å². The minimum absolute atomic E-state index is 0.492. The molecule has 15 aromatic rings. The smallest absolute Gasteiger partial charge is 0.234 e. The molecular weight excluding hydrogens is 875 g/mol. The van der Waals surface area contributed by atoms with E-state index < -0.39 is 6.17 Å². The van der Waals surface area contributed by atoms with Crippen LogP contribution in [0, 0.1) is 0 Å². The fraction of sp³-hybridized carbons (Fsp3) is 0.0159. The minimum Gasteiger partial charge on any atom is -0.455 e. The number of aromatic nitrogens is 2. The van der Waals surface area contributed by atoms with Crippen molar-refractivity contribution in [2.75, 3.05) is 0 Å². The largest absolute Gasteiger partial charge is 0.455 e. The number of nitrogens with zero attached hydrogens (tertiary/aromatic N) is 4. The van der Waals surface area contributed by atoms with Crippen LogP contribution in [0.2, 0.25) is 0 Å². The molecule has 1 unspecified atom stereocenters. The summed E-state index contributed by atoms with van der Waals surface area (Å²) in [5.41, 5.74) is 8.96. The Hall–Kier alpha value is -9.04. The SMILES string of the molecule is c1ccc2cc3c(cc2c1)c1cc2ccccc2cc1n3-c1cc2c(cc1C1=NC(n3c4ccccc4c4ccccc43)=NC(c3cccc4c3sc3ccccc34)N1)oc1c3ccccc3ccc21.